The molecule has 0 aromatic heterocycles. The van der Waals surface area contributed by atoms with Gasteiger partial charge < -0.3 is 15.3 Å². The van der Waals surface area contributed by atoms with E-state index < -0.39 is 0 Å². The molecule has 3 aliphatic rings. The number of benzene rings is 1. The first kappa shape index (κ1) is 19.1. The second-order valence-electron chi connectivity index (χ2n) is 7.42. The Balaban J connectivity index is 0.000000206. The SMILES string of the molecule is O=C([C@H]1CCCN1)N1CCCN(C2CCC2)CC1.Oc1ccc(F)cc1. The lowest BCUT2D eigenvalue weighted by atomic mass is 9.91. The minimum absolute atomic E-state index is 0.0893. The van der Waals surface area contributed by atoms with Gasteiger partial charge in [-0.15, -0.1) is 0 Å². The Morgan fingerprint density at radius 1 is 1.00 bits per heavy atom. The van der Waals surface area contributed by atoms with Crippen LogP contribution in [0.4, 0.5) is 4.39 Å². The third kappa shape index (κ3) is 5.17. The molecule has 144 valence electrons. The van der Waals surface area contributed by atoms with Gasteiger partial charge in [0.25, 0.3) is 0 Å². The van der Waals surface area contributed by atoms with Gasteiger partial charge in [0.15, 0.2) is 0 Å². The van der Waals surface area contributed by atoms with Gasteiger partial charge in [-0.3, -0.25) is 9.69 Å². The number of carbonyl (C=O) groups excluding carboxylic acids is 1. The van der Waals surface area contributed by atoms with E-state index in [9.17, 15) is 9.18 Å². The van der Waals surface area contributed by atoms with Crippen molar-refractivity contribution < 1.29 is 14.3 Å². The number of amides is 1. The van der Waals surface area contributed by atoms with Gasteiger partial charge in [-0.05, 0) is 62.9 Å². The molecule has 1 aliphatic carbocycles. The maximum atomic E-state index is 12.4. The van der Waals surface area contributed by atoms with Gasteiger partial charge in [-0.1, -0.05) is 6.42 Å². The number of halogens is 1. The summed E-state index contributed by atoms with van der Waals surface area (Å²) in [5.41, 5.74) is 0. The zero-order valence-corrected chi connectivity index (χ0v) is 15.4. The summed E-state index contributed by atoms with van der Waals surface area (Å²) in [4.78, 5) is 17.1. The summed E-state index contributed by atoms with van der Waals surface area (Å²) in [7, 11) is 0. The van der Waals surface area contributed by atoms with E-state index in [0.29, 0.717) is 5.91 Å². The average molecular weight is 363 g/mol. The van der Waals surface area contributed by atoms with Gasteiger partial charge in [0.1, 0.15) is 11.6 Å². The highest BCUT2D eigenvalue weighted by Gasteiger charge is 2.30. The smallest absolute Gasteiger partial charge is 0.239 e. The lowest BCUT2D eigenvalue weighted by molar-refractivity contribution is -0.133. The molecule has 2 saturated heterocycles. The molecule has 26 heavy (non-hydrogen) atoms. The normalized spacial score (nSPS) is 24.3. The number of aromatic hydroxyl groups is 1. The Morgan fingerprint density at radius 2 is 1.77 bits per heavy atom. The molecule has 1 amide bonds. The quantitative estimate of drug-likeness (QED) is 0.847. The maximum Gasteiger partial charge on any atom is 0.239 e. The Hall–Kier alpha value is -1.66. The van der Waals surface area contributed by atoms with Crippen LogP contribution in [0.5, 0.6) is 5.75 Å². The molecule has 0 radical (unpaired) electrons. The predicted molar refractivity (Wildman–Crippen MR) is 99.5 cm³/mol. The summed E-state index contributed by atoms with van der Waals surface area (Å²) < 4.78 is 12.0. The summed E-state index contributed by atoms with van der Waals surface area (Å²) in [6, 6.07) is 5.94. The number of phenolic OH excluding ortho intramolecular Hbond substituents is 1. The van der Waals surface area contributed by atoms with Crippen molar-refractivity contribution >= 4 is 5.91 Å². The monoisotopic (exact) mass is 363 g/mol. The lowest BCUT2D eigenvalue weighted by Gasteiger charge is -2.36. The Kier molecular flexibility index (Phi) is 6.86. The van der Waals surface area contributed by atoms with Crippen molar-refractivity contribution in [2.45, 2.75) is 50.6 Å². The van der Waals surface area contributed by atoms with Crippen LogP contribution in [-0.4, -0.2) is 65.6 Å². The van der Waals surface area contributed by atoms with Crippen LogP contribution in [0.2, 0.25) is 0 Å². The van der Waals surface area contributed by atoms with Crippen LogP contribution in [0.1, 0.15) is 38.5 Å². The highest BCUT2D eigenvalue weighted by atomic mass is 19.1. The third-order valence-corrected chi connectivity index (χ3v) is 5.62. The van der Waals surface area contributed by atoms with Crippen LogP contribution in [-0.2, 0) is 4.79 Å². The highest BCUT2D eigenvalue weighted by molar-refractivity contribution is 5.82. The van der Waals surface area contributed by atoms with Crippen LogP contribution in [0.15, 0.2) is 24.3 Å². The van der Waals surface area contributed by atoms with E-state index in [4.69, 9.17) is 5.11 Å². The van der Waals surface area contributed by atoms with E-state index in [1.807, 2.05) is 0 Å². The van der Waals surface area contributed by atoms with Crippen LogP contribution in [0.3, 0.4) is 0 Å². The number of nitrogens with one attached hydrogen (secondary N) is 1. The van der Waals surface area contributed by atoms with Crippen LogP contribution < -0.4 is 5.32 Å². The number of nitrogens with zero attached hydrogens (tertiary/aromatic N) is 2. The Labute approximate surface area is 155 Å². The van der Waals surface area contributed by atoms with Crippen molar-refractivity contribution in [3.63, 3.8) is 0 Å². The maximum absolute atomic E-state index is 12.4. The molecule has 2 aliphatic heterocycles. The van der Waals surface area contributed by atoms with Crippen molar-refractivity contribution in [1.29, 1.82) is 0 Å². The summed E-state index contributed by atoms with van der Waals surface area (Å²) >= 11 is 0. The van der Waals surface area contributed by atoms with Crippen molar-refractivity contribution in [1.82, 2.24) is 15.1 Å². The van der Waals surface area contributed by atoms with E-state index in [-0.39, 0.29) is 17.6 Å². The number of phenols is 1. The molecule has 1 aromatic rings. The van der Waals surface area contributed by atoms with Gasteiger partial charge in [0, 0.05) is 32.2 Å². The molecule has 0 unspecified atom stereocenters. The number of hydrogen-bond donors (Lipinski definition) is 2. The molecule has 6 heteroatoms. The first-order chi connectivity index (χ1) is 12.6. The third-order valence-electron chi connectivity index (χ3n) is 5.62. The number of hydrogen-bond acceptors (Lipinski definition) is 4. The van der Waals surface area contributed by atoms with Crippen molar-refractivity contribution in [2.75, 3.05) is 32.7 Å². The fraction of sp³-hybridized carbons (Fsp3) is 0.650. The van der Waals surface area contributed by atoms with E-state index in [0.717, 1.165) is 51.5 Å². The zero-order chi connectivity index (χ0) is 18.4. The van der Waals surface area contributed by atoms with Crippen molar-refractivity contribution in [3.05, 3.63) is 30.1 Å². The average Bonchev–Trinajstić information content (AvgIpc) is 3.03. The van der Waals surface area contributed by atoms with Crippen molar-refractivity contribution in [3.8, 4) is 5.75 Å². The summed E-state index contributed by atoms with van der Waals surface area (Å²) in [6.45, 7) is 5.18. The van der Waals surface area contributed by atoms with Gasteiger partial charge in [-0.2, -0.15) is 0 Å². The molecule has 0 bridgehead atoms. The number of rotatable bonds is 2. The van der Waals surface area contributed by atoms with E-state index in [1.165, 1.54) is 50.1 Å². The molecule has 3 fully saturated rings. The largest absolute Gasteiger partial charge is 0.508 e. The van der Waals surface area contributed by atoms with Crippen LogP contribution in [0.25, 0.3) is 0 Å². The highest BCUT2D eigenvalue weighted by Crippen LogP contribution is 2.25. The minimum atomic E-state index is -0.331. The molecule has 2 heterocycles. The standard InChI is InChI=1S/C14H25N3O.C6H5FO/c18-14(13-6-2-7-15-13)17-9-3-8-16(10-11-17)12-4-1-5-12;7-5-1-3-6(8)4-2-5/h12-13,15H,1-11H2;1-4,8H/t13-;/m1./s1. The van der Waals surface area contributed by atoms with Crippen LogP contribution >= 0.6 is 0 Å². The Bertz CT molecular complexity index is 550. The summed E-state index contributed by atoms with van der Waals surface area (Å²) in [6.07, 6.45) is 7.47. The molecular weight excluding hydrogens is 333 g/mol. The first-order valence-corrected chi connectivity index (χ1v) is 9.84. The van der Waals surface area contributed by atoms with E-state index in [2.05, 4.69) is 15.1 Å². The van der Waals surface area contributed by atoms with Gasteiger partial charge >= 0.3 is 0 Å². The predicted octanol–water partition coefficient (Wildman–Crippen LogP) is 2.36. The fourth-order valence-electron chi connectivity index (χ4n) is 3.83. The van der Waals surface area contributed by atoms with E-state index in [1.54, 1.807) is 0 Å². The first-order valence-electron chi connectivity index (χ1n) is 9.84. The molecule has 2 N–H and O–H groups in total. The zero-order valence-electron chi connectivity index (χ0n) is 15.4. The second-order valence-corrected chi connectivity index (χ2v) is 7.42. The molecular formula is C20H30FN3O2. The fourth-order valence-corrected chi connectivity index (χ4v) is 3.83. The molecule has 5 nitrogen and oxygen atoms in total. The minimum Gasteiger partial charge on any atom is -0.508 e. The Morgan fingerprint density at radius 3 is 2.35 bits per heavy atom. The van der Waals surface area contributed by atoms with E-state index >= 15 is 0 Å². The molecule has 4 rings (SSSR count). The summed E-state index contributed by atoms with van der Waals surface area (Å²) in [5, 5.41) is 11.9. The number of carbonyl (C=O) groups is 1. The molecule has 1 atom stereocenters. The van der Waals surface area contributed by atoms with Crippen LogP contribution in [0, 0.1) is 5.82 Å². The molecule has 1 saturated carbocycles. The molecule has 1 aromatic carbocycles. The summed E-state index contributed by atoms with van der Waals surface area (Å²) in [5.74, 6) is 0.108. The lowest BCUT2D eigenvalue weighted by Crippen LogP contribution is -2.46. The van der Waals surface area contributed by atoms with Gasteiger partial charge in [0.05, 0.1) is 6.04 Å². The van der Waals surface area contributed by atoms with Gasteiger partial charge in [0.2, 0.25) is 5.91 Å². The topological polar surface area (TPSA) is 55.8 Å². The van der Waals surface area contributed by atoms with Crippen molar-refractivity contribution in [2.24, 2.45) is 0 Å². The van der Waals surface area contributed by atoms with Gasteiger partial charge in [-0.25, -0.2) is 4.39 Å². The second kappa shape index (κ2) is 9.33. The molecule has 0 spiro atoms.